The molecule has 1 rings (SSSR count). The van der Waals surface area contributed by atoms with Crippen molar-refractivity contribution in [3.8, 4) is 0 Å². The Morgan fingerprint density at radius 1 is 0.661 bits per heavy atom. The van der Waals surface area contributed by atoms with Crippen molar-refractivity contribution in [1.82, 2.24) is 37.2 Å². The van der Waals surface area contributed by atoms with Gasteiger partial charge in [-0.3, -0.25) is 48.1 Å². The van der Waals surface area contributed by atoms with Gasteiger partial charge in [0.1, 0.15) is 36.3 Å². The average molecular weight is 842 g/mol. The van der Waals surface area contributed by atoms with Crippen molar-refractivity contribution >= 4 is 65.2 Å². The second kappa shape index (κ2) is 25.3. The zero-order chi connectivity index (χ0) is 45.0. The molecule has 0 aromatic carbocycles. The molecule has 0 radical (unpaired) electrons. The molecule has 1 aliphatic heterocycles. The summed E-state index contributed by atoms with van der Waals surface area (Å²) in [5.41, 5.74) is 15.8. The molecule has 1 fully saturated rings. The number of carbonyl (C=O) groups is 10. The van der Waals surface area contributed by atoms with Gasteiger partial charge in [0, 0.05) is 13.0 Å². The van der Waals surface area contributed by atoms with Crippen molar-refractivity contribution in [2.45, 2.75) is 128 Å². The van der Waals surface area contributed by atoms with Gasteiger partial charge in [-0.05, 0) is 56.9 Å². The summed E-state index contributed by atoms with van der Waals surface area (Å²) in [5.74, 6) is -12.3. The van der Waals surface area contributed by atoms with Crippen LogP contribution < -0.4 is 54.4 Å². The van der Waals surface area contributed by atoms with Crippen LogP contribution in [0.25, 0.3) is 0 Å². The van der Waals surface area contributed by atoms with Gasteiger partial charge in [0.2, 0.25) is 41.4 Å². The normalized spacial score (nSPS) is 16.5. The van der Waals surface area contributed by atoms with Gasteiger partial charge in [-0.2, -0.15) is 0 Å². The third-order valence-electron chi connectivity index (χ3n) is 8.85. The summed E-state index contributed by atoms with van der Waals surface area (Å²) in [7, 11) is 0. The fourth-order valence-corrected chi connectivity index (χ4v) is 5.84. The number of carbonyl (C=O) groups excluding carboxylic acids is 7. The minimum atomic E-state index is -1.89. The number of hydrogen-bond donors (Lipinski definition) is 13. The van der Waals surface area contributed by atoms with Crippen LogP contribution in [0.1, 0.15) is 85.5 Å². The molecule has 59 heavy (non-hydrogen) atoms. The Morgan fingerprint density at radius 2 is 1.20 bits per heavy atom. The molecule has 0 spiro atoms. The summed E-state index contributed by atoms with van der Waals surface area (Å²) in [5, 5.41) is 45.6. The van der Waals surface area contributed by atoms with Crippen LogP contribution in [0.15, 0.2) is 4.99 Å². The maximum atomic E-state index is 13.6. The van der Waals surface area contributed by atoms with Crippen molar-refractivity contribution in [2.75, 3.05) is 13.1 Å². The Bertz CT molecular complexity index is 1560. The van der Waals surface area contributed by atoms with E-state index >= 15 is 0 Å². The van der Waals surface area contributed by atoms with E-state index in [1.165, 1.54) is 13.8 Å². The molecule has 1 heterocycles. The number of carboxylic acids is 3. The van der Waals surface area contributed by atoms with E-state index < -0.39 is 133 Å². The number of guanidine groups is 1. The molecule has 7 amide bonds. The van der Waals surface area contributed by atoms with Crippen molar-refractivity contribution in [2.24, 2.45) is 34.0 Å². The van der Waals surface area contributed by atoms with Crippen LogP contribution in [0.5, 0.6) is 0 Å². The molecule has 1 aliphatic rings. The highest BCUT2D eigenvalue weighted by Crippen LogP contribution is 2.12. The number of primary amides is 1. The summed E-state index contributed by atoms with van der Waals surface area (Å²) < 4.78 is 0. The maximum Gasteiger partial charge on any atom is 0.326 e. The molecule has 1 saturated heterocycles. The van der Waals surface area contributed by atoms with E-state index in [1.54, 1.807) is 13.8 Å². The number of amides is 7. The first kappa shape index (κ1) is 50.9. The number of aliphatic imine (C=N–C) groups is 1. The number of aliphatic carboxylic acids is 3. The van der Waals surface area contributed by atoms with E-state index in [0.29, 0.717) is 13.0 Å². The van der Waals surface area contributed by atoms with Crippen LogP contribution >= 0.6 is 0 Å². The van der Waals surface area contributed by atoms with E-state index in [1.807, 2.05) is 0 Å². The van der Waals surface area contributed by atoms with E-state index in [2.05, 4.69) is 42.2 Å². The van der Waals surface area contributed by atoms with Gasteiger partial charge in [-0.15, -0.1) is 0 Å². The Hall–Kier alpha value is -6.07. The molecular weight excluding hydrogens is 782 g/mol. The molecule has 16 N–H and O–H groups in total. The molecule has 0 saturated carbocycles. The SMILES string of the molecule is CC(C)CC(NC(=O)C1CCCN1)C(=O)NC(CCC(=O)O)C(=O)NC(CC(=O)O)C(=O)NC(C(=O)NC(CCCN=C(N)N)C(=O)NC(CC(N)=O)C(=O)O)C(C)C. The van der Waals surface area contributed by atoms with Crippen LogP contribution in [0.3, 0.4) is 0 Å². The van der Waals surface area contributed by atoms with Crippen LogP contribution in [-0.2, 0) is 47.9 Å². The first-order valence-corrected chi connectivity index (χ1v) is 19.1. The molecule has 24 heteroatoms. The molecule has 7 unspecified atom stereocenters. The van der Waals surface area contributed by atoms with E-state index in [4.69, 9.17) is 17.2 Å². The standard InChI is InChI=1S/C35H59N11O13/c1-16(2)13-21(43-28(52)18-7-5-11-39-18)31(55)41-20(9-10-25(48)49)30(54)44-22(15-26(50)51)32(56)46-27(17(3)4)33(57)42-19(8-6-12-40-35(37)38)29(53)45-23(34(58)59)14-24(36)47/h16-23,27,39H,5-15H2,1-4H3,(H2,36,47)(H,41,55)(H,42,57)(H,43,52)(H,44,54)(H,45,53)(H,46,56)(H,48,49)(H,50,51)(H,58,59)(H4,37,38,40). The highest BCUT2D eigenvalue weighted by atomic mass is 16.4. The first-order chi connectivity index (χ1) is 27.5. The lowest BCUT2D eigenvalue weighted by atomic mass is 10.0. The smallest absolute Gasteiger partial charge is 0.326 e. The quantitative estimate of drug-likeness (QED) is 0.0211. The van der Waals surface area contributed by atoms with Crippen LogP contribution in [0.4, 0.5) is 0 Å². The Labute approximate surface area is 340 Å². The second-order valence-corrected chi connectivity index (χ2v) is 14.8. The van der Waals surface area contributed by atoms with Crippen LogP contribution in [0.2, 0.25) is 0 Å². The monoisotopic (exact) mass is 841 g/mol. The predicted molar refractivity (Wildman–Crippen MR) is 207 cm³/mol. The molecule has 0 aromatic heterocycles. The fraction of sp³-hybridized carbons (Fsp3) is 0.686. The number of hydrogen-bond acceptors (Lipinski definition) is 12. The minimum Gasteiger partial charge on any atom is -0.481 e. The van der Waals surface area contributed by atoms with Crippen molar-refractivity contribution < 1.29 is 63.3 Å². The Balaban J connectivity index is 3.32. The van der Waals surface area contributed by atoms with Gasteiger partial charge in [0.15, 0.2) is 5.96 Å². The van der Waals surface area contributed by atoms with Crippen molar-refractivity contribution in [3.63, 3.8) is 0 Å². The highest BCUT2D eigenvalue weighted by molar-refractivity contribution is 5.98. The second-order valence-electron chi connectivity index (χ2n) is 14.8. The van der Waals surface area contributed by atoms with Gasteiger partial charge in [0.25, 0.3) is 0 Å². The van der Waals surface area contributed by atoms with Gasteiger partial charge < -0.3 is 69.7 Å². The van der Waals surface area contributed by atoms with E-state index in [-0.39, 0.29) is 37.7 Å². The lowest BCUT2D eigenvalue weighted by molar-refractivity contribution is -0.144. The van der Waals surface area contributed by atoms with Gasteiger partial charge >= 0.3 is 17.9 Å². The lowest BCUT2D eigenvalue weighted by Gasteiger charge is -2.28. The van der Waals surface area contributed by atoms with Gasteiger partial charge in [-0.1, -0.05) is 27.7 Å². The van der Waals surface area contributed by atoms with Crippen LogP contribution in [-0.4, -0.2) is 136 Å². The first-order valence-electron chi connectivity index (χ1n) is 19.1. The molecule has 7 atom stereocenters. The van der Waals surface area contributed by atoms with Gasteiger partial charge in [-0.25, -0.2) is 4.79 Å². The zero-order valence-corrected chi connectivity index (χ0v) is 33.6. The number of nitrogens with two attached hydrogens (primary N) is 3. The highest BCUT2D eigenvalue weighted by Gasteiger charge is 2.36. The molecule has 24 nitrogen and oxygen atoms in total. The number of nitrogens with one attached hydrogen (secondary N) is 7. The third kappa shape index (κ3) is 19.8. The molecule has 0 bridgehead atoms. The average Bonchev–Trinajstić information content (AvgIpc) is 3.67. The molecule has 0 aromatic rings. The maximum absolute atomic E-state index is 13.6. The number of nitrogens with zero attached hydrogens (tertiary/aromatic N) is 1. The Morgan fingerprint density at radius 3 is 1.69 bits per heavy atom. The van der Waals surface area contributed by atoms with Crippen molar-refractivity contribution in [3.05, 3.63) is 0 Å². The van der Waals surface area contributed by atoms with Crippen molar-refractivity contribution in [1.29, 1.82) is 0 Å². The molecule has 332 valence electrons. The number of rotatable bonds is 27. The zero-order valence-electron chi connectivity index (χ0n) is 33.6. The fourth-order valence-electron chi connectivity index (χ4n) is 5.84. The summed E-state index contributed by atoms with van der Waals surface area (Å²) in [6.07, 6.45) is -1.58. The molecular formula is C35H59N11O13. The summed E-state index contributed by atoms with van der Waals surface area (Å²) in [4.78, 5) is 131. The number of carboxylic acid groups (broad SMARTS) is 3. The molecule has 0 aliphatic carbocycles. The largest absolute Gasteiger partial charge is 0.481 e. The van der Waals surface area contributed by atoms with E-state index in [0.717, 1.165) is 6.42 Å². The predicted octanol–water partition coefficient (Wildman–Crippen LogP) is -4.30. The van der Waals surface area contributed by atoms with Gasteiger partial charge in [0.05, 0.1) is 18.9 Å². The summed E-state index contributed by atoms with van der Waals surface area (Å²) in [6, 6.07) is -9.90. The topological polar surface area (TPSA) is 406 Å². The summed E-state index contributed by atoms with van der Waals surface area (Å²) in [6.45, 7) is 7.16. The lowest BCUT2D eigenvalue weighted by Crippen LogP contribution is -2.61. The van der Waals surface area contributed by atoms with Crippen LogP contribution in [0, 0.1) is 11.8 Å². The Kier molecular flexibility index (Phi) is 21.9. The van der Waals surface area contributed by atoms with E-state index in [9.17, 15) is 63.3 Å². The third-order valence-corrected chi connectivity index (χ3v) is 8.85. The summed E-state index contributed by atoms with van der Waals surface area (Å²) >= 11 is 0. The minimum absolute atomic E-state index is 0.00851.